The number of nitrogens with zero attached hydrogens (tertiary/aromatic N) is 2. The molecular weight excluding hydrogens is 374 g/mol. The van der Waals surface area contributed by atoms with Crippen LogP contribution in [0.4, 0.5) is 9.93 Å². The molecule has 2 atom stereocenters. The Labute approximate surface area is 170 Å². The highest BCUT2D eigenvalue weighted by molar-refractivity contribution is 7.18. The Morgan fingerprint density at radius 3 is 2.50 bits per heavy atom. The average Bonchev–Trinajstić information content (AvgIpc) is 3.14. The van der Waals surface area contributed by atoms with Crippen LogP contribution in [-0.4, -0.2) is 34.7 Å². The van der Waals surface area contributed by atoms with E-state index in [0.29, 0.717) is 11.7 Å². The third kappa shape index (κ3) is 6.30. The Kier molecular flexibility index (Phi) is 8.38. The molecule has 0 spiro atoms. The first-order chi connectivity index (χ1) is 13.4. The molecule has 1 aromatic carbocycles. The van der Waals surface area contributed by atoms with Crippen molar-refractivity contribution in [1.29, 1.82) is 0 Å². The summed E-state index contributed by atoms with van der Waals surface area (Å²) >= 11 is 1.31. The maximum atomic E-state index is 12.8. The highest BCUT2D eigenvalue weighted by Crippen LogP contribution is 2.26. The summed E-state index contributed by atoms with van der Waals surface area (Å²) in [5.74, 6) is -0.298. The molecule has 7 nitrogen and oxygen atoms in total. The standard InChI is InChI=1S/C20H29N5O2S/c1-5-7-12-21-19(27)22-16(14(4)6-2)17(26)23-20-25-24-18(28-20)15-10-8-13(3)9-11-15/h8-11,14,16H,5-7,12H2,1-4H3,(H2,21,22,27)(H,23,25,26)/t14-,16-/m1/s1. The number of aryl methyl sites for hydroxylation is 1. The second kappa shape index (κ2) is 10.8. The number of carbonyl (C=O) groups excluding carboxylic acids is 2. The fraction of sp³-hybridized carbons (Fsp3) is 0.500. The summed E-state index contributed by atoms with van der Waals surface area (Å²) in [6.07, 6.45) is 2.66. The summed E-state index contributed by atoms with van der Waals surface area (Å²) < 4.78 is 0. The molecule has 1 aromatic heterocycles. The second-order valence-corrected chi connectivity index (χ2v) is 7.86. The number of rotatable bonds is 9. The topological polar surface area (TPSA) is 96.0 Å². The van der Waals surface area contributed by atoms with Gasteiger partial charge >= 0.3 is 6.03 Å². The van der Waals surface area contributed by atoms with Crippen molar-refractivity contribution < 1.29 is 9.59 Å². The van der Waals surface area contributed by atoms with Crippen LogP contribution < -0.4 is 16.0 Å². The first kappa shape index (κ1) is 21.8. The maximum absolute atomic E-state index is 12.8. The van der Waals surface area contributed by atoms with E-state index < -0.39 is 6.04 Å². The molecule has 152 valence electrons. The Balaban J connectivity index is 2.02. The van der Waals surface area contributed by atoms with Gasteiger partial charge in [0.2, 0.25) is 11.0 Å². The lowest BCUT2D eigenvalue weighted by atomic mass is 9.98. The molecule has 0 bridgehead atoms. The van der Waals surface area contributed by atoms with Crippen molar-refractivity contribution in [2.75, 3.05) is 11.9 Å². The summed E-state index contributed by atoms with van der Waals surface area (Å²) in [5, 5.41) is 17.8. The van der Waals surface area contributed by atoms with E-state index in [1.54, 1.807) is 0 Å². The van der Waals surface area contributed by atoms with E-state index in [1.165, 1.54) is 16.9 Å². The number of unbranched alkanes of at least 4 members (excludes halogenated alkanes) is 1. The normalized spacial score (nSPS) is 12.9. The Morgan fingerprint density at radius 1 is 1.14 bits per heavy atom. The smallest absolute Gasteiger partial charge is 0.315 e. The molecule has 28 heavy (non-hydrogen) atoms. The first-order valence-corrected chi connectivity index (χ1v) is 10.5. The molecule has 0 aliphatic carbocycles. The SMILES string of the molecule is CCCCNC(=O)N[C@@H](C(=O)Nc1nnc(-c2ccc(C)cc2)s1)[C@H](C)CC. The number of hydrogen-bond acceptors (Lipinski definition) is 5. The fourth-order valence-corrected chi connectivity index (χ4v) is 3.29. The van der Waals surface area contributed by atoms with Crippen molar-refractivity contribution in [3.63, 3.8) is 0 Å². The van der Waals surface area contributed by atoms with Gasteiger partial charge < -0.3 is 10.6 Å². The zero-order chi connectivity index (χ0) is 20.5. The first-order valence-electron chi connectivity index (χ1n) is 9.70. The van der Waals surface area contributed by atoms with Crippen LogP contribution in [0.25, 0.3) is 10.6 Å². The fourth-order valence-electron chi connectivity index (χ4n) is 2.54. The van der Waals surface area contributed by atoms with Gasteiger partial charge in [-0.2, -0.15) is 0 Å². The number of anilines is 1. The number of amides is 3. The quantitative estimate of drug-likeness (QED) is 0.552. The third-order valence-electron chi connectivity index (χ3n) is 4.55. The molecule has 3 N–H and O–H groups in total. The highest BCUT2D eigenvalue weighted by Gasteiger charge is 2.26. The highest BCUT2D eigenvalue weighted by atomic mass is 32.1. The number of hydrogen-bond donors (Lipinski definition) is 3. The summed E-state index contributed by atoms with van der Waals surface area (Å²) in [7, 11) is 0. The van der Waals surface area contributed by atoms with Crippen LogP contribution in [0.1, 0.15) is 45.6 Å². The van der Waals surface area contributed by atoms with Crippen molar-refractivity contribution in [3.8, 4) is 10.6 Å². The Hall–Kier alpha value is -2.48. The van der Waals surface area contributed by atoms with Crippen LogP contribution in [0.2, 0.25) is 0 Å². The number of aromatic nitrogens is 2. The molecule has 8 heteroatoms. The molecule has 0 saturated heterocycles. The molecule has 2 aromatic rings. The van der Waals surface area contributed by atoms with Crippen LogP contribution in [0.3, 0.4) is 0 Å². The van der Waals surface area contributed by atoms with Crippen LogP contribution >= 0.6 is 11.3 Å². The largest absolute Gasteiger partial charge is 0.338 e. The average molecular weight is 404 g/mol. The van der Waals surface area contributed by atoms with Crippen molar-refractivity contribution >= 4 is 28.4 Å². The lowest BCUT2D eigenvalue weighted by molar-refractivity contribution is -0.119. The van der Waals surface area contributed by atoms with Gasteiger partial charge in [0.1, 0.15) is 11.0 Å². The zero-order valence-electron chi connectivity index (χ0n) is 16.9. The van der Waals surface area contributed by atoms with E-state index in [1.807, 2.05) is 45.0 Å². The van der Waals surface area contributed by atoms with Gasteiger partial charge in [-0.25, -0.2) is 4.79 Å². The predicted octanol–water partition coefficient (Wildman–Crippen LogP) is 3.97. The van der Waals surface area contributed by atoms with Gasteiger partial charge in [-0.05, 0) is 19.3 Å². The molecule has 0 unspecified atom stereocenters. The Morgan fingerprint density at radius 2 is 1.86 bits per heavy atom. The molecule has 1 heterocycles. The summed E-state index contributed by atoms with van der Waals surface area (Å²) in [6.45, 7) is 8.60. The van der Waals surface area contributed by atoms with Gasteiger partial charge in [-0.1, -0.05) is 74.8 Å². The van der Waals surface area contributed by atoms with Crippen molar-refractivity contribution in [2.24, 2.45) is 5.92 Å². The number of benzene rings is 1. The number of carbonyl (C=O) groups is 2. The molecule has 2 rings (SSSR count). The second-order valence-electron chi connectivity index (χ2n) is 6.88. The molecule has 0 aliphatic rings. The molecule has 0 fully saturated rings. The minimum atomic E-state index is -0.640. The molecule has 0 aliphatic heterocycles. The van der Waals surface area contributed by atoms with Gasteiger partial charge in [-0.3, -0.25) is 10.1 Å². The summed E-state index contributed by atoms with van der Waals surface area (Å²) in [5.41, 5.74) is 2.12. The van der Waals surface area contributed by atoms with Crippen LogP contribution in [0.5, 0.6) is 0 Å². The zero-order valence-corrected chi connectivity index (χ0v) is 17.7. The van der Waals surface area contributed by atoms with Crippen LogP contribution in [0, 0.1) is 12.8 Å². The van der Waals surface area contributed by atoms with E-state index >= 15 is 0 Å². The molecule has 0 saturated carbocycles. The van der Waals surface area contributed by atoms with E-state index in [9.17, 15) is 9.59 Å². The minimum Gasteiger partial charge on any atom is -0.338 e. The summed E-state index contributed by atoms with van der Waals surface area (Å²) in [6, 6.07) is 7.01. The van der Waals surface area contributed by atoms with Crippen LogP contribution in [-0.2, 0) is 4.79 Å². The number of urea groups is 1. The predicted molar refractivity (Wildman–Crippen MR) is 113 cm³/mol. The number of nitrogens with one attached hydrogen (secondary N) is 3. The van der Waals surface area contributed by atoms with Gasteiger partial charge in [-0.15, -0.1) is 10.2 Å². The molecular formula is C20H29N5O2S. The van der Waals surface area contributed by atoms with E-state index in [0.717, 1.165) is 29.8 Å². The van der Waals surface area contributed by atoms with Crippen LogP contribution in [0.15, 0.2) is 24.3 Å². The van der Waals surface area contributed by atoms with Gasteiger partial charge in [0.05, 0.1) is 0 Å². The van der Waals surface area contributed by atoms with Gasteiger partial charge in [0.15, 0.2) is 0 Å². The van der Waals surface area contributed by atoms with E-state index in [4.69, 9.17) is 0 Å². The maximum Gasteiger partial charge on any atom is 0.315 e. The van der Waals surface area contributed by atoms with E-state index in [2.05, 4.69) is 33.1 Å². The van der Waals surface area contributed by atoms with E-state index in [-0.39, 0.29) is 17.9 Å². The van der Waals surface area contributed by atoms with Crippen molar-refractivity contribution in [2.45, 2.75) is 53.0 Å². The van der Waals surface area contributed by atoms with Gasteiger partial charge in [0, 0.05) is 12.1 Å². The molecule has 3 amide bonds. The lowest BCUT2D eigenvalue weighted by Crippen LogP contribution is -2.51. The molecule has 0 radical (unpaired) electrons. The third-order valence-corrected chi connectivity index (χ3v) is 5.44. The lowest BCUT2D eigenvalue weighted by Gasteiger charge is -2.23. The summed E-state index contributed by atoms with van der Waals surface area (Å²) in [4.78, 5) is 24.8. The van der Waals surface area contributed by atoms with Crippen molar-refractivity contribution in [1.82, 2.24) is 20.8 Å². The minimum absolute atomic E-state index is 0.0126. The monoisotopic (exact) mass is 403 g/mol. The van der Waals surface area contributed by atoms with Crippen molar-refractivity contribution in [3.05, 3.63) is 29.8 Å². The van der Waals surface area contributed by atoms with Gasteiger partial charge in [0.25, 0.3) is 0 Å². The Bertz CT molecular complexity index is 775.